The second-order valence-corrected chi connectivity index (χ2v) is 6.80. The van der Waals surface area contributed by atoms with Crippen molar-refractivity contribution in [2.75, 3.05) is 0 Å². The Labute approximate surface area is 164 Å². The van der Waals surface area contributed by atoms with E-state index in [9.17, 15) is 9.59 Å². The van der Waals surface area contributed by atoms with Crippen LogP contribution in [0, 0.1) is 10.8 Å². The molecule has 0 aliphatic rings. The molecule has 25 heavy (non-hydrogen) atoms. The molecule has 7 heteroatoms. The third kappa shape index (κ3) is 27.5. The average Bonchev–Trinajstić information content (AvgIpc) is 2.40. The van der Waals surface area contributed by atoms with Gasteiger partial charge in [0.1, 0.15) is 0 Å². The van der Waals surface area contributed by atoms with Crippen LogP contribution in [0.15, 0.2) is 23.7 Å². The molecule has 0 aromatic carbocycles. The third-order valence-electron chi connectivity index (χ3n) is 2.16. The molecule has 0 fully saturated rings. The van der Waals surface area contributed by atoms with E-state index < -0.39 is 0 Å². The van der Waals surface area contributed by atoms with Crippen LogP contribution < -0.4 is 0 Å². The minimum atomic E-state index is -0.385. The normalized spacial score (nSPS) is 11.0. The standard InChI is InChI=1S/2C8H14O2.2CHO.Ru/c2*1-6(9)5-7(10)8(2,3)4;2*1-2;/h2*5,9H,1-4H3;2*1H;/q;;2*-1;+2/b2*6-5-;;;. The van der Waals surface area contributed by atoms with Crippen molar-refractivity contribution in [2.45, 2.75) is 55.4 Å². The van der Waals surface area contributed by atoms with Crippen molar-refractivity contribution in [1.29, 1.82) is 0 Å². The summed E-state index contributed by atoms with van der Waals surface area (Å²) in [5.74, 6) is 0.0415. The molecule has 0 aromatic rings. The molecule has 0 spiro atoms. The first-order valence-corrected chi connectivity index (χ1v) is 6.98. The van der Waals surface area contributed by atoms with Crippen LogP contribution in [0.1, 0.15) is 55.4 Å². The van der Waals surface area contributed by atoms with E-state index in [4.69, 9.17) is 19.8 Å². The topological polar surface area (TPSA) is 109 Å². The summed E-state index contributed by atoms with van der Waals surface area (Å²) >= 11 is 0. The van der Waals surface area contributed by atoms with Crippen molar-refractivity contribution in [2.24, 2.45) is 10.8 Å². The molecule has 0 aliphatic heterocycles. The molecule has 0 aromatic heterocycles. The van der Waals surface area contributed by atoms with Gasteiger partial charge >= 0.3 is 19.5 Å². The van der Waals surface area contributed by atoms with E-state index in [2.05, 4.69) is 13.6 Å². The molecule has 0 radical (unpaired) electrons. The zero-order valence-electron chi connectivity index (χ0n) is 16.2. The molecular weight excluding hydrogens is 413 g/mol. The van der Waals surface area contributed by atoms with Gasteiger partial charge in [-0.05, 0) is 13.8 Å². The molecular formula is C18H30O6Ru. The molecule has 6 nitrogen and oxygen atoms in total. The van der Waals surface area contributed by atoms with Crippen molar-refractivity contribution in [3.05, 3.63) is 23.7 Å². The zero-order chi connectivity index (χ0) is 20.7. The minimum absolute atomic E-state index is 0. The predicted octanol–water partition coefficient (Wildman–Crippen LogP) is 3.58. The summed E-state index contributed by atoms with van der Waals surface area (Å²) in [6, 6.07) is 0. The Balaban J connectivity index is -0.0000000858. The van der Waals surface area contributed by atoms with Crippen LogP contribution in [0.2, 0.25) is 0 Å². The Morgan fingerprint density at radius 1 is 0.680 bits per heavy atom. The van der Waals surface area contributed by atoms with E-state index in [0.29, 0.717) is 0 Å². The first-order chi connectivity index (χ1) is 10.7. The summed E-state index contributed by atoms with van der Waals surface area (Å²) in [7, 11) is 0. The van der Waals surface area contributed by atoms with E-state index in [-0.39, 0.29) is 53.4 Å². The summed E-state index contributed by atoms with van der Waals surface area (Å²) in [5.41, 5.74) is -0.770. The minimum Gasteiger partial charge on any atom is -0.545 e. The molecule has 0 heterocycles. The monoisotopic (exact) mass is 444 g/mol. The molecule has 0 rings (SSSR count). The molecule has 0 unspecified atom stereocenters. The maximum atomic E-state index is 11.0. The number of aliphatic hydroxyl groups excluding tert-OH is 2. The zero-order valence-corrected chi connectivity index (χ0v) is 17.9. The van der Waals surface area contributed by atoms with Crippen LogP contribution >= 0.6 is 0 Å². The Morgan fingerprint density at radius 3 is 0.880 bits per heavy atom. The third-order valence-corrected chi connectivity index (χ3v) is 2.16. The van der Waals surface area contributed by atoms with Gasteiger partial charge in [0.25, 0.3) is 0 Å². The van der Waals surface area contributed by atoms with Crippen molar-refractivity contribution < 1.29 is 48.9 Å². The predicted molar refractivity (Wildman–Crippen MR) is 95.2 cm³/mol. The fraction of sp³-hybridized carbons (Fsp3) is 0.556. The maximum absolute atomic E-state index is 11.0. The number of hydrogen-bond acceptors (Lipinski definition) is 6. The molecule has 0 saturated carbocycles. The van der Waals surface area contributed by atoms with Crippen molar-refractivity contribution in [3.8, 4) is 0 Å². The number of hydrogen-bond donors (Lipinski definition) is 2. The van der Waals surface area contributed by atoms with Gasteiger partial charge in [0.2, 0.25) is 0 Å². The second kappa shape index (κ2) is 17.2. The maximum Gasteiger partial charge on any atom is 2.00 e. The van der Waals surface area contributed by atoms with E-state index in [0.717, 1.165) is 0 Å². The van der Waals surface area contributed by atoms with E-state index in [1.807, 2.05) is 41.5 Å². The summed E-state index contributed by atoms with van der Waals surface area (Å²) in [4.78, 5) is 37.6. The second-order valence-electron chi connectivity index (χ2n) is 6.80. The van der Waals surface area contributed by atoms with E-state index in [1.54, 1.807) is 0 Å². The van der Waals surface area contributed by atoms with Gasteiger partial charge in [0.05, 0.1) is 11.5 Å². The number of ketones is 2. The molecule has 0 saturated heterocycles. The number of carbonyl (C=O) groups is 2. The first kappa shape index (κ1) is 34.7. The fourth-order valence-electron chi connectivity index (χ4n) is 0.812. The van der Waals surface area contributed by atoms with Crippen LogP contribution in [0.25, 0.3) is 0 Å². The SMILES string of the molecule is C/C(O)=C/C(=O)C(C)(C)C.C/C(O)=C/C(=O)C(C)(C)C.[CH-]=O.[CH-]=O.[Ru+2]. The number of carbonyl (C=O) groups excluding carboxylic acids is 4. The quantitative estimate of drug-likeness (QED) is 0.222. The van der Waals surface area contributed by atoms with Crippen LogP contribution in [0.3, 0.4) is 0 Å². The van der Waals surface area contributed by atoms with E-state index >= 15 is 0 Å². The Hall–Kier alpha value is -1.62. The fourth-order valence-corrected chi connectivity index (χ4v) is 0.812. The molecule has 0 atom stereocenters. The Kier molecular flexibility index (Phi) is 23.9. The summed E-state index contributed by atoms with van der Waals surface area (Å²) in [6.45, 7) is 20.4. The van der Waals surface area contributed by atoms with Gasteiger partial charge in [0.15, 0.2) is 11.6 Å². The van der Waals surface area contributed by atoms with Gasteiger partial charge in [0, 0.05) is 23.0 Å². The summed E-state index contributed by atoms with van der Waals surface area (Å²) < 4.78 is 0. The number of rotatable bonds is 2. The molecule has 2 N–H and O–H groups in total. The van der Waals surface area contributed by atoms with Gasteiger partial charge in [-0.1, -0.05) is 41.5 Å². The van der Waals surface area contributed by atoms with Gasteiger partial charge in [-0.25, -0.2) is 0 Å². The average molecular weight is 444 g/mol. The number of aliphatic hydroxyl groups is 2. The first-order valence-electron chi connectivity index (χ1n) is 6.98. The smallest absolute Gasteiger partial charge is 0.545 e. The summed E-state index contributed by atoms with van der Waals surface area (Å²) in [5, 5.41) is 17.5. The summed E-state index contributed by atoms with van der Waals surface area (Å²) in [6.07, 6.45) is 2.50. The van der Waals surface area contributed by atoms with Crippen LogP contribution in [-0.2, 0) is 38.7 Å². The van der Waals surface area contributed by atoms with Crippen LogP contribution in [0.5, 0.6) is 0 Å². The van der Waals surface area contributed by atoms with Crippen LogP contribution in [0.4, 0.5) is 0 Å². The molecule has 0 aliphatic carbocycles. The molecule has 146 valence electrons. The Morgan fingerprint density at radius 2 is 0.840 bits per heavy atom. The van der Waals surface area contributed by atoms with Gasteiger partial charge in [-0.3, -0.25) is 23.2 Å². The largest absolute Gasteiger partial charge is 2.00 e. The molecule has 0 amide bonds. The van der Waals surface area contributed by atoms with Crippen LogP contribution in [-0.4, -0.2) is 35.4 Å². The van der Waals surface area contributed by atoms with Crippen molar-refractivity contribution >= 4 is 25.1 Å². The Bertz CT molecular complexity index is 389. The molecule has 0 bridgehead atoms. The number of allylic oxidation sites excluding steroid dienone is 4. The van der Waals surface area contributed by atoms with Crippen molar-refractivity contribution in [1.82, 2.24) is 0 Å². The van der Waals surface area contributed by atoms with Gasteiger partial charge < -0.3 is 19.8 Å². The van der Waals surface area contributed by atoms with Crippen molar-refractivity contribution in [3.63, 3.8) is 0 Å². The van der Waals surface area contributed by atoms with Gasteiger partial charge in [-0.15, -0.1) is 0 Å². The van der Waals surface area contributed by atoms with E-state index in [1.165, 1.54) is 26.0 Å². The van der Waals surface area contributed by atoms with Gasteiger partial charge in [-0.2, -0.15) is 0 Å².